The Bertz CT molecular complexity index is 332. The first-order valence-corrected chi connectivity index (χ1v) is 4.61. The van der Waals surface area contributed by atoms with Crippen LogP contribution < -0.4 is 10.6 Å². The van der Waals surface area contributed by atoms with E-state index in [-0.39, 0.29) is 6.03 Å². The summed E-state index contributed by atoms with van der Waals surface area (Å²) in [7, 11) is 0. The average molecular weight is 197 g/mol. The van der Waals surface area contributed by atoms with Crippen molar-refractivity contribution in [3.63, 3.8) is 0 Å². The van der Waals surface area contributed by atoms with Gasteiger partial charge in [-0.3, -0.25) is 5.32 Å². The Balaban J connectivity index is 2.50. The summed E-state index contributed by atoms with van der Waals surface area (Å²) in [6.07, 6.45) is 0. The summed E-state index contributed by atoms with van der Waals surface area (Å²) in [4.78, 5) is 15.2. The van der Waals surface area contributed by atoms with Gasteiger partial charge in [0.25, 0.3) is 0 Å². The SMILES string of the molecule is C=C(C)NC(=O)Nc1nc(C)cs1. The number of carbonyl (C=O) groups is 1. The van der Waals surface area contributed by atoms with Crippen LogP contribution in [-0.4, -0.2) is 11.0 Å². The molecular formula is C8H11N3OS. The maximum atomic E-state index is 11.1. The lowest BCUT2D eigenvalue weighted by Gasteiger charge is -2.02. The fourth-order valence-corrected chi connectivity index (χ4v) is 1.42. The van der Waals surface area contributed by atoms with E-state index in [1.807, 2.05) is 12.3 Å². The zero-order valence-electron chi connectivity index (χ0n) is 7.55. The number of allylic oxidation sites excluding steroid dienone is 1. The number of aryl methyl sites for hydroxylation is 1. The van der Waals surface area contributed by atoms with Crippen molar-refractivity contribution in [3.8, 4) is 0 Å². The normalized spacial score (nSPS) is 9.38. The zero-order valence-corrected chi connectivity index (χ0v) is 8.36. The number of amides is 2. The minimum Gasteiger partial charge on any atom is -0.312 e. The standard InChI is InChI=1S/C8H11N3OS/c1-5(2)9-7(12)11-8-10-6(3)4-13-8/h4H,1H2,2-3H3,(H2,9,10,11,12). The summed E-state index contributed by atoms with van der Waals surface area (Å²) < 4.78 is 0. The van der Waals surface area contributed by atoms with Crippen molar-refractivity contribution in [1.29, 1.82) is 0 Å². The van der Waals surface area contributed by atoms with Gasteiger partial charge in [0.2, 0.25) is 0 Å². The Morgan fingerprint density at radius 3 is 2.85 bits per heavy atom. The molecule has 0 saturated carbocycles. The number of nitrogens with one attached hydrogen (secondary N) is 2. The van der Waals surface area contributed by atoms with Crippen LogP contribution in [0.4, 0.5) is 9.93 Å². The lowest BCUT2D eigenvalue weighted by molar-refractivity contribution is 0.254. The van der Waals surface area contributed by atoms with Gasteiger partial charge in [0, 0.05) is 11.1 Å². The molecule has 70 valence electrons. The zero-order chi connectivity index (χ0) is 9.84. The predicted molar refractivity (Wildman–Crippen MR) is 53.8 cm³/mol. The summed E-state index contributed by atoms with van der Waals surface area (Å²) in [5, 5.41) is 7.58. The molecule has 0 aliphatic carbocycles. The lowest BCUT2D eigenvalue weighted by atomic mass is 10.6. The van der Waals surface area contributed by atoms with Gasteiger partial charge in [-0.15, -0.1) is 11.3 Å². The van der Waals surface area contributed by atoms with Crippen molar-refractivity contribution in [3.05, 3.63) is 23.3 Å². The molecule has 1 heterocycles. The Hall–Kier alpha value is -1.36. The fraction of sp³-hybridized carbons (Fsp3) is 0.250. The Morgan fingerprint density at radius 1 is 1.69 bits per heavy atom. The van der Waals surface area contributed by atoms with E-state index >= 15 is 0 Å². The molecule has 0 fully saturated rings. The molecule has 1 aromatic heterocycles. The van der Waals surface area contributed by atoms with Crippen LogP contribution in [0.2, 0.25) is 0 Å². The maximum Gasteiger partial charge on any atom is 0.325 e. The quantitative estimate of drug-likeness (QED) is 0.762. The molecule has 0 aliphatic heterocycles. The van der Waals surface area contributed by atoms with Gasteiger partial charge in [-0.1, -0.05) is 6.58 Å². The minimum absolute atomic E-state index is 0.304. The van der Waals surface area contributed by atoms with Gasteiger partial charge in [-0.25, -0.2) is 9.78 Å². The Morgan fingerprint density at radius 2 is 2.38 bits per heavy atom. The van der Waals surface area contributed by atoms with Gasteiger partial charge in [-0.05, 0) is 13.8 Å². The number of thiazole rings is 1. The number of hydrogen-bond acceptors (Lipinski definition) is 3. The van der Waals surface area contributed by atoms with E-state index in [9.17, 15) is 4.79 Å². The summed E-state index contributed by atoms with van der Waals surface area (Å²) in [5.74, 6) is 0. The molecule has 0 radical (unpaired) electrons. The van der Waals surface area contributed by atoms with E-state index in [1.165, 1.54) is 11.3 Å². The second kappa shape index (κ2) is 4.04. The highest BCUT2D eigenvalue weighted by Crippen LogP contribution is 2.13. The van der Waals surface area contributed by atoms with Crippen molar-refractivity contribution in [2.75, 3.05) is 5.32 Å². The number of urea groups is 1. The number of anilines is 1. The highest BCUT2D eigenvalue weighted by atomic mass is 32.1. The second-order valence-corrected chi connectivity index (χ2v) is 3.51. The van der Waals surface area contributed by atoms with E-state index < -0.39 is 0 Å². The molecule has 0 atom stereocenters. The minimum atomic E-state index is -0.304. The maximum absolute atomic E-state index is 11.1. The van der Waals surface area contributed by atoms with Gasteiger partial charge in [0.05, 0.1) is 5.69 Å². The first kappa shape index (κ1) is 9.73. The lowest BCUT2D eigenvalue weighted by Crippen LogP contribution is -2.26. The number of carbonyl (C=O) groups excluding carboxylic acids is 1. The van der Waals surface area contributed by atoms with Crippen LogP contribution >= 0.6 is 11.3 Å². The van der Waals surface area contributed by atoms with Crippen LogP contribution in [0.1, 0.15) is 12.6 Å². The van der Waals surface area contributed by atoms with Crippen LogP contribution in [-0.2, 0) is 0 Å². The van der Waals surface area contributed by atoms with Crippen molar-refractivity contribution < 1.29 is 4.79 Å². The van der Waals surface area contributed by atoms with Crippen LogP contribution in [0, 0.1) is 6.92 Å². The molecule has 0 aromatic carbocycles. The number of rotatable bonds is 2. The predicted octanol–water partition coefficient (Wildman–Crippen LogP) is 2.11. The molecular weight excluding hydrogens is 186 g/mol. The Kier molecular flexibility index (Phi) is 3.02. The molecule has 13 heavy (non-hydrogen) atoms. The molecule has 0 bridgehead atoms. The van der Waals surface area contributed by atoms with E-state index in [2.05, 4.69) is 22.2 Å². The molecule has 1 aromatic rings. The van der Waals surface area contributed by atoms with Crippen LogP contribution in [0.25, 0.3) is 0 Å². The Labute approximate surface area is 80.7 Å². The van der Waals surface area contributed by atoms with E-state index in [0.29, 0.717) is 10.8 Å². The molecule has 2 amide bonds. The van der Waals surface area contributed by atoms with Gasteiger partial charge in [0.15, 0.2) is 5.13 Å². The largest absolute Gasteiger partial charge is 0.325 e. The summed E-state index contributed by atoms with van der Waals surface area (Å²) in [5.41, 5.74) is 1.50. The van der Waals surface area contributed by atoms with Crippen molar-refractivity contribution in [1.82, 2.24) is 10.3 Å². The molecule has 5 heteroatoms. The monoisotopic (exact) mass is 197 g/mol. The number of hydrogen-bond donors (Lipinski definition) is 2. The van der Waals surface area contributed by atoms with Gasteiger partial charge < -0.3 is 5.32 Å². The third-order valence-corrected chi connectivity index (χ3v) is 2.04. The van der Waals surface area contributed by atoms with Crippen LogP contribution in [0.15, 0.2) is 17.7 Å². The summed E-state index contributed by atoms with van der Waals surface area (Å²) in [6.45, 7) is 7.14. The van der Waals surface area contributed by atoms with Gasteiger partial charge in [-0.2, -0.15) is 0 Å². The molecule has 1 rings (SSSR count). The van der Waals surface area contributed by atoms with Crippen LogP contribution in [0.3, 0.4) is 0 Å². The van der Waals surface area contributed by atoms with Crippen molar-refractivity contribution in [2.45, 2.75) is 13.8 Å². The summed E-state index contributed by atoms with van der Waals surface area (Å²) in [6, 6.07) is -0.304. The van der Waals surface area contributed by atoms with Crippen molar-refractivity contribution in [2.24, 2.45) is 0 Å². The van der Waals surface area contributed by atoms with E-state index in [0.717, 1.165) is 5.69 Å². The average Bonchev–Trinajstić information content (AvgIpc) is 2.33. The first-order valence-electron chi connectivity index (χ1n) is 3.73. The first-order chi connectivity index (χ1) is 6.08. The topological polar surface area (TPSA) is 54.0 Å². The van der Waals surface area contributed by atoms with Gasteiger partial charge in [0.1, 0.15) is 0 Å². The van der Waals surface area contributed by atoms with E-state index in [1.54, 1.807) is 6.92 Å². The molecule has 0 unspecified atom stereocenters. The van der Waals surface area contributed by atoms with Crippen LogP contribution in [0.5, 0.6) is 0 Å². The molecule has 0 spiro atoms. The van der Waals surface area contributed by atoms with E-state index in [4.69, 9.17) is 0 Å². The summed E-state index contributed by atoms with van der Waals surface area (Å²) >= 11 is 1.39. The number of nitrogens with zero attached hydrogens (tertiary/aromatic N) is 1. The third kappa shape index (κ3) is 3.25. The second-order valence-electron chi connectivity index (χ2n) is 2.65. The molecule has 0 saturated heterocycles. The molecule has 2 N–H and O–H groups in total. The highest BCUT2D eigenvalue weighted by molar-refractivity contribution is 7.13. The third-order valence-electron chi connectivity index (χ3n) is 1.17. The highest BCUT2D eigenvalue weighted by Gasteiger charge is 2.03. The van der Waals surface area contributed by atoms with Crippen molar-refractivity contribution >= 4 is 22.5 Å². The smallest absolute Gasteiger partial charge is 0.312 e. The fourth-order valence-electron chi connectivity index (χ4n) is 0.734. The van der Waals surface area contributed by atoms with Gasteiger partial charge >= 0.3 is 6.03 Å². The number of aromatic nitrogens is 1. The molecule has 4 nitrogen and oxygen atoms in total. The molecule has 0 aliphatic rings.